The minimum absolute atomic E-state index is 0.0480. The Hall–Kier alpha value is -2.99. The van der Waals surface area contributed by atoms with E-state index in [-0.39, 0.29) is 5.56 Å². The van der Waals surface area contributed by atoms with E-state index in [0.717, 1.165) is 56.0 Å². The Bertz CT molecular complexity index is 1080. The lowest BCUT2D eigenvalue weighted by molar-refractivity contribution is 0.227. The fraction of sp³-hybridized carbons (Fsp3) is 0.375. The molecule has 1 unspecified atom stereocenters. The van der Waals surface area contributed by atoms with Crippen molar-refractivity contribution >= 4 is 0 Å². The molecule has 2 aromatic heterocycles. The maximum Gasteiger partial charge on any atom is 0.266 e. The Morgan fingerprint density at radius 3 is 3.03 bits per heavy atom. The van der Waals surface area contributed by atoms with Crippen LogP contribution in [0.4, 0.5) is 0 Å². The zero-order chi connectivity index (χ0) is 20.3. The molecular formula is C24H26N4O2. The number of aromatic nitrogens is 3. The second-order valence-electron chi connectivity index (χ2n) is 8.10. The summed E-state index contributed by atoms with van der Waals surface area (Å²) in [5.41, 5.74) is 4.35. The predicted octanol–water partition coefficient (Wildman–Crippen LogP) is 2.95. The van der Waals surface area contributed by atoms with Crippen LogP contribution in [-0.2, 0) is 19.4 Å². The predicted molar refractivity (Wildman–Crippen MR) is 116 cm³/mol. The summed E-state index contributed by atoms with van der Waals surface area (Å²) in [5.74, 6) is 1.04. The van der Waals surface area contributed by atoms with Crippen LogP contribution in [0, 0.1) is 0 Å². The van der Waals surface area contributed by atoms with Gasteiger partial charge in [-0.3, -0.25) is 14.7 Å². The molecule has 1 atom stereocenters. The molecule has 6 nitrogen and oxygen atoms in total. The summed E-state index contributed by atoms with van der Waals surface area (Å²) < 4.78 is 7.24. The number of hydrogen-bond donors (Lipinski definition) is 0. The van der Waals surface area contributed by atoms with Crippen LogP contribution in [0.2, 0.25) is 0 Å². The lowest BCUT2D eigenvalue weighted by Crippen LogP contribution is -2.38. The van der Waals surface area contributed by atoms with Crippen molar-refractivity contribution in [1.82, 2.24) is 19.7 Å². The molecule has 154 valence electrons. The molecule has 2 aliphatic rings. The van der Waals surface area contributed by atoms with Gasteiger partial charge in [0.05, 0.1) is 18.8 Å². The summed E-state index contributed by atoms with van der Waals surface area (Å²) in [5, 5.41) is 4.62. The van der Waals surface area contributed by atoms with Crippen LogP contribution in [-0.4, -0.2) is 45.4 Å². The van der Waals surface area contributed by atoms with Crippen molar-refractivity contribution in [3.63, 3.8) is 0 Å². The van der Waals surface area contributed by atoms with Gasteiger partial charge < -0.3 is 4.74 Å². The van der Waals surface area contributed by atoms with Gasteiger partial charge in [0.1, 0.15) is 5.75 Å². The monoisotopic (exact) mass is 402 g/mol. The lowest BCUT2D eigenvalue weighted by atomic mass is 10.1. The molecule has 0 N–H and O–H groups in total. The highest BCUT2D eigenvalue weighted by Crippen LogP contribution is 2.26. The first-order valence-electron chi connectivity index (χ1n) is 10.7. The lowest BCUT2D eigenvalue weighted by Gasteiger charge is -2.25. The van der Waals surface area contributed by atoms with Gasteiger partial charge in [-0.05, 0) is 61.2 Å². The number of ether oxygens (including phenoxy) is 1. The molecule has 0 aliphatic carbocycles. The topological polar surface area (TPSA) is 60.2 Å². The second kappa shape index (κ2) is 8.40. The molecule has 0 amide bonds. The first-order chi connectivity index (χ1) is 14.8. The molecule has 30 heavy (non-hydrogen) atoms. The molecule has 1 saturated heterocycles. The van der Waals surface area contributed by atoms with E-state index in [9.17, 15) is 4.79 Å². The summed E-state index contributed by atoms with van der Waals surface area (Å²) >= 11 is 0. The van der Waals surface area contributed by atoms with E-state index in [0.29, 0.717) is 12.6 Å². The number of benzene rings is 1. The van der Waals surface area contributed by atoms with Gasteiger partial charge in [-0.15, -0.1) is 0 Å². The number of fused-ring (bicyclic) bond motifs is 1. The number of nitrogens with zero attached hydrogens (tertiary/aromatic N) is 4. The normalized spacial score (nSPS) is 18.3. The maximum absolute atomic E-state index is 12.4. The van der Waals surface area contributed by atoms with Crippen LogP contribution >= 0.6 is 0 Å². The Morgan fingerprint density at radius 2 is 2.13 bits per heavy atom. The molecule has 0 radical (unpaired) electrons. The quantitative estimate of drug-likeness (QED) is 0.634. The third kappa shape index (κ3) is 4.00. The van der Waals surface area contributed by atoms with Crippen molar-refractivity contribution in [3.8, 4) is 17.0 Å². The zero-order valence-corrected chi connectivity index (χ0v) is 17.0. The molecule has 3 aromatic rings. The summed E-state index contributed by atoms with van der Waals surface area (Å²) in [4.78, 5) is 19.1. The van der Waals surface area contributed by atoms with Gasteiger partial charge in [0.25, 0.3) is 5.56 Å². The molecule has 1 aromatic carbocycles. The SMILES string of the molecule is O=c1ccc(-c2cccnc2)nn1CC1CCCN1CCc1ccc2c(c1)CCO2. The van der Waals surface area contributed by atoms with Crippen molar-refractivity contribution in [2.45, 2.75) is 38.3 Å². The maximum atomic E-state index is 12.4. The first-order valence-corrected chi connectivity index (χ1v) is 10.7. The summed E-state index contributed by atoms with van der Waals surface area (Å²) in [6.07, 6.45) is 7.81. The van der Waals surface area contributed by atoms with Crippen LogP contribution in [0.3, 0.4) is 0 Å². The molecular weight excluding hydrogens is 376 g/mol. The van der Waals surface area contributed by atoms with Crippen molar-refractivity contribution in [1.29, 1.82) is 0 Å². The summed E-state index contributed by atoms with van der Waals surface area (Å²) in [6.45, 7) is 3.51. The fourth-order valence-electron chi connectivity index (χ4n) is 4.51. The van der Waals surface area contributed by atoms with Gasteiger partial charge in [0.2, 0.25) is 0 Å². The summed E-state index contributed by atoms with van der Waals surface area (Å²) in [7, 11) is 0. The van der Waals surface area contributed by atoms with E-state index < -0.39 is 0 Å². The van der Waals surface area contributed by atoms with Crippen molar-refractivity contribution in [2.24, 2.45) is 0 Å². The summed E-state index contributed by atoms with van der Waals surface area (Å²) in [6, 6.07) is 14.2. The first kappa shape index (κ1) is 19.0. The standard InChI is InChI=1S/C24H26N4O2/c29-24-8-6-22(20-3-1-11-25-16-20)26-28(24)17-21-4-2-12-27(21)13-9-18-5-7-23-19(15-18)10-14-30-23/h1,3,5-8,11,15-16,21H,2,4,9-10,12-14,17H2. The highest BCUT2D eigenvalue weighted by molar-refractivity contribution is 5.56. The number of pyridine rings is 1. The molecule has 0 bridgehead atoms. The Kier molecular flexibility index (Phi) is 5.32. The van der Waals surface area contributed by atoms with Crippen LogP contribution in [0.25, 0.3) is 11.3 Å². The van der Waals surface area contributed by atoms with Crippen molar-refractivity contribution < 1.29 is 4.74 Å². The van der Waals surface area contributed by atoms with Crippen LogP contribution in [0.5, 0.6) is 5.75 Å². The number of hydrogen-bond acceptors (Lipinski definition) is 5. The molecule has 6 heteroatoms. The Labute approximate surface area is 176 Å². The van der Waals surface area contributed by atoms with Gasteiger partial charge in [-0.2, -0.15) is 5.10 Å². The van der Waals surface area contributed by atoms with E-state index in [1.165, 1.54) is 17.5 Å². The third-order valence-electron chi connectivity index (χ3n) is 6.15. The van der Waals surface area contributed by atoms with Gasteiger partial charge in [-0.25, -0.2) is 4.68 Å². The van der Waals surface area contributed by atoms with Crippen LogP contribution in [0.15, 0.2) is 59.7 Å². The van der Waals surface area contributed by atoms with Crippen molar-refractivity contribution in [2.75, 3.05) is 19.7 Å². The van der Waals surface area contributed by atoms with Gasteiger partial charge >= 0.3 is 0 Å². The highest BCUT2D eigenvalue weighted by atomic mass is 16.5. The van der Waals surface area contributed by atoms with E-state index in [1.54, 1.807) is 29.2 Å². The molecule has 0 spiro atoms. The van der Waals surface area contributed by atoms with E-state index in [2.05, 4.69) is 33.2 Å². The number of rotatable bonds is 6. The zero-order valence-electron chi connectivity index (χ0n) is 17.0. The third-order valence-corrected chi connectivity index (χ3v) is 6.15. The van der Waals surface area contributed by atoms with Gasteiger partial charge in [0.15, 0.2) is 0 Å². The van der Waals surface area contributed by atoms with Crippen molar-refractivity contribution in [3.05, 3.63) is 76.3 Å². The minimum atomic E-state index is -0.0480. The largest absolute Gasteiger partial charge is 0.493 e. The van der Waals surface area contributed by atoms with E-state index in [1.807, 2.05) is 12.1 Å². The van der Waals surface area contributed by atoms with Crippen LogP contribution < -0.4 is 10.3 Å². The molecule has 2 aliphatic heterocycles. The number of likely N-dealkylation sites (tertiary alicyclic amines) is 1. The van der Waals surface area contributed by atoms with Crippen LogP contribution in [0.1, 0.15) is 24.0 Å². The Morgan fingerprint density at radius 1 is 1.17 bits per heavy atom. The van der Waals surface area contributed by atoms with E-state index in [4.69, 9.17) is 4.74 Å². The smallest absolute Gasteiger partial charge is 0.266 e. The molecule has 5 rings (SSSR count). The minimum Gasteiger partial charge on any atom is -0.493 e. The molecule has 0 saturated carbocycles. The van der Waals surface area contributed by atoms with Gasteiger partial charge in [-0.1, -0.05) is 12.1 Å². The highest BCUT2D eigenvalue weighted by Gasteiger charge is 2.25. The molecule has 4 heterocycles. The molecule has 1 fully saturated rings. The average Bonchev–Trinajstić information content (AvgIpc) is 3.43. The Balaban J connectivity index is 1.27. The average molecular weight is 402 g/mol. The van der Waals surface area contributed by atoms with E-state index >= 15 is 0 Å². The second-order valence-corrected chi connectivity index (χ2v) is 8.10. The van der Waals surface area contributed by atoms with Gasteiger partial charge in [0, 0.05) is 43.0 Å². The fourth-order valence-corrected chi connectivity index (χ4v) is 4.51.